The molecule has 1 N–H and O–H groups in total. The third-order valence-electron chi connectivity index (χ3n) is 2.09. The van der Waals surface area contributed by atoms with Crippen LogP contribution in [-0.2, 0) is 6.54 Å². The highest BCUT2D eigenvalue weighted by atomic mass is 16.5. The summed E-state index contributed by atoms with van der Waals surface area (Å²) < 4.78 is 0. The first kappa shape index (κ1) is 13.2. The number of hydrogen-bond donors (Lipinski definition) is 1. The topological polar surface area (TPSA) is 67.5 Å². The van der Waals surface area contributed by atoms with Gasteiger partial charge in [0.05, 0.1) is 0 Å². The highest BCUT2D eigenvalue weighted by Gasteiger charge is 2.06. The Morgan fingerprint density at radius 3 is 2.47 bits per heavy atom. The van der Waals surface area contributed by atoms with E-state index in [1.807, 2.05) is 13.8 Å². The van der Waals surface area contributed by atoms with E-state index in [1.54, 1.807) is 24.3 Å². The van der Waals surface area contributed by atoms with Gasteiger partial charge < -0.3 is 10.5 Å². The first-order valence-electron chi connectivity index (χ1n) is 5.47. The average molecular weight is 235 g/mol. The molecule has 0 aliphatic carbocycles. The third-order valence-corrected chi connectivity index (χ3v) is 2.09. The van der Waals surface area contributed by atoms with Crippen LogP contribution >= 0.6 is 0 Å². The third kappa shape index (κ3) is 4.63. The fourth-order valence-electron chi connectivity index (χ4n) is 1.29. The zero-order chi connectivity index (χ0) is 12.8. The van der Waals surface area contributed by atoms with Crippen LogP contribution in [0.25, 0.3) is 0 Å². The van der Waals surface area contributed by atoms with Gasteiger partial charge in [-0.3, -0.25) is 4.79 Å². The molecule has 0 atom stereocenters. The first-order chi connectivity index (χ1) is 7.99. The van der Waals surface area contributed by atoms with Crippen LogP contribution in [0.1, 0.15) is 29.8 Å². The second-order valence-electron chi connectivity index (χ2n) is 4.09. The molecule has 0 aromatic heterocycles. The van der Waals surface area contributed by atoms with Crippen LogP contribution in [0.4, 0.5) is 0 Å². The molecular formula is C12H17N3O2. The molecule has 0 heterocycles. The Labute approximate surface area is 101 Å². The van der Waals surface area contributed by atoms with E-state index in [0.29, 0.717) is 17.0 Å². The molecule has 0 aliphatic heterocycles. The molecule has 1 aromatic rings. The van der Waals surface area contributed by atoms with Gasteiger partial charge in [0.1, 0.15) is 6.54 Å². The highest BCUT2D eigenvalue weighted by molar-refractivity contribution is 5.94. The van der Waals surface area contributed by atoms with Gasteiger partial charge in [-0.25, -0.2) is 0 Å². The number of benzene rings is 1. The quantitative estimate of drug-likeness (QED) is 0.492. The van der Waals surface area contributed by atoms with Crippen molar-refractivity contribution in [1.29, 1.82) is 0 Å². The molecule has 17 heavy (non-hydrogen) atoms. The predicted molar refractivity (Wildman–Crippen MR) is 64.7 cm³/mol. The number of nitrogens with one attached hydrogen (secondary N) is 1. The zero-order valence-corrected chi connectivity index (χ0v) is 10.3. The van der Waals surface area contributed by atoms with Crippen LogP contribution in [0.3, 0.4) is 0 Å². The van der Waals surface area contributed by atoms with Gasteiger partial charge in [-0.2, -0.15) is 0 Å². The lowest BCUT2D eigenvalue weighted by Gasteiger charge is -2.08. The van der Waals surface area contributed by atoms with Crippen molar-refractivity contribution in [1.82, 2.24) is 5.32 Å². The maximum absolute atomic E-state index is 11.6. The Kier molecular flexibility index (Phi) is 4.63. The summed E-state index contributed by atoms with van der Waals surface area (Å²) >= 11 is 0. The second kappa shape index (κ2) is 5.98. The van der Waals surface area contributed by atoms with E-state index in [2.05, 4.69) is 10.4 Å². The largest absolute Gasteiger partial charge is 0.600 e. The molecular weight excluding hydrogens is 218 g/mol. The van der Waals surface area contributed by atoms with Crippen LogP contribution in [-0.4, -0.2) is 23.9 Å². The Morgan fingerprint density at radius 1 is 1.41 bits per heavy atom. The summed E-state index contributed by atoms with van der Waals surface area (Å²) in [5.74, 6) is -0.0931. The normalized spacial score (nSPS) is 11.6. The van der Waals surface area contributed by atoms with E-state index in [-0.39, 0.29) is 11.9 Å². The molecule has 0 unspecified atom stereocenters. The van der Waals surface area contributed by atoms with Crippen LogP contribution in [0.2, 0.25) is 0 Å². The smallest absolute Gasteiger partial charge is 0.251 e. The minimum Gasteiger partial charge on any atom is -0.600 e. The summed E-state index contributed by atoms with van der Waals surface area (Å²) in [6.07, 6.45) is 0. The Morgan fingerprint density at radius 2 is 2.00 bits per heavy atom. The molecule has 1 amide bonds. The number of carbonyl (C=O) groups excluding carboxylic acids is 1. The Balaban J connectivity index is 2.67. The van der Waals surface area contributed by atoms with Crippen LogP contribution < -0.4 is 5.32 Å². The summed E-state index contributed by atoms with van der Waals surface area (Å²) in [5, 5.41) is 17.1. The minimum atomic E-state index is -0.0931. The average Bonchev–Trinajstić information content (AvgIpc) is 2.26. The van der Waals surface area contributed by atoms with Crippen molar-refractivity contribution in [3.63, 3.8) is 0 Å². The number of hydrogen-bond acceptors (Lipinski definition) is 3. The maximum atomic E-state index is 11.6. The van der Waals surface area contributed by atoms with Gasteiger partial charge in [-0.15, -0.1) is 0 Å². The molecule has 0 aliphatic rings. The van der Waals surface area contributed by atoms with Crippen LogP contribution in [0, 0.1) is 5.21 Å². The number of azo groups is 1. The second-order valence-corrected chi connectivity index (χ2v) is 4.09. The Hall–Kier alpha value is -1.91. The SMILES string of the molecule is CC(C)NC(=O)c1ccc(CN=[N+](C)[O-])cc1. The highest BCUT2D eigenvalue weighted by Crippen LogP contribution is 2.06. The van der Waals surface area contributed by atoms with Gasteiger partial charge in [0.25, 0.3) is 5.91 Å². The van der Waals surface area contributed by atoms with E-state index in [4.69, 9.17) is 0 Å². The van der Waals surface area contributed by atoms with E-state index in [1.165, 1.54) is 7.05 Å². The van der Waals surface area contributed by atoms with Crippen molar-refractivity contribution < 1.29 is 9.66 Å². The van der Waals surface area contributed by atoms with Gasteiger partial charge in [-0.05, 0) is 36.7 Å². The van der Waals surface area contributed by atoms with Crippen molar-refractivity contribution in [2.24, 2.45) is 5.11 Å². The molecule has 1 rings (SSSR count). The minimum absolute atomic E-state index is 0.0931. The van der Waals surface area contributed by atoms with Crippen LogP contribution in [0.15, 0.2) is 29.4 Å². The summed E-state index contributed by atoms with van der Waals surface area (Å²) in [7, 11) is 1.34. The van der Waals surface area contributed by atoms with Crippen molar-refractivity contribution in [3.8, 4) is 0 Å². The lowest BCUT2D eigenvalue weighted by Crippen LogP contribution is -2.29. The van der Waals surface area contributed by atoms with Crippen LogP contribution in [0.5, 0.6) is 0 Å². The summed E-state index contributed by atoms with van der Waals surface area (Å²) in [5.41, 5.74) is 1.51. The van der Waals surface area contributed by atoms with E-state index >= 15 is 0 Å². The molecule has 1 aromatic carbocycles. The van der Waals surface area contributed by atoms with E-state index in [0.717, 1.165) is 5.56 Å². The van der Waals surface area contributed by atoms with Crippen molar-refractivity contribution in [2.75, 3.05) is 7.05 Å². The summed E-state index contributed by atoms with van der Waals surface area (Å²) in [6.45, 7) is 4.15. The van der Waals surface area contributed by atoms with Gasteiger partial charge >= 0.3 is 0 Å². The lowest BCUT2D eigenvalue weighted by molar-refractivity contribution is -0.500. The molecule has 0 bridgehead atoms. The molecule has 92 valence electrons. The molecule has 0 saturated carbocycles. The standard InChI is InChI=1S/C12H17N3O2/c1-9(2)14-12(16)11-6-4-10(5-7-11)8-13-15(3)17/h4-7,9H,8H2,1-3H3,(H,14,16). The van der Waals surface area contributed by atoms with E-state index < -0.39 is 0 Å². The summed E-state index contributed by atoms with van der Waals surface area (Å²) in [6, 6.07) is 7.16. The molecule has 0 radical (unpaired) electrons. The van der Waals surface area contributed by atoms with Gasteiger partial charge in [0.15, 0.2) is 7.05 Å². The fraction of sp³-hybridized carbons (Fsp3) is 0.417. The molecule has 0 saturated heterocycles. The Bertz CT molecular complexity index is 406. The van der Waals surface area contributed by atoms with Gasteiger partial charge in [0.2, 0.25) is 0 Å². The molecule has 5 heteroatoms. The van der Waals surface area contributed by atoms with E-state index in [9.17, 15) is 10.0 Å². The first-order valence-corrected chi connectivity index (χ1v) is 5.47. The number of nitrogens with zero attached hydrogens (tertiary/aromatic N) is 2. The molecule has 0 spiro atoms. The number of amides is 1. The zero-order valence-electron chi connectivity index (χ0n) is 10.3. The van der Waals surface area contributed by atoms with Crippen molar-refractivity contribution in [2.45, 2.75) is 26.4 Å². The maximum Gasteiger partial charge on any atom is 0.251 e. The predicted octanol–water partition coefficient (Wildman–Crippen LogP) is 1.92. The van der Waals surface area contributed by atoms with Gasteiger partial charge in [-0.1, -0.05) is 17.0 Å². The van der Waals surface area contributed by atoms with Crippen molar-refractivity contribution >= 4 is 5.91 Å². The monoisotopic (exact) mass is 235 g/mol. The fourth-order valence-corrected chi connectivity index (χ4v) is 1.29. The molecule has 0 fully saturated rings. The molecule has 5 nitrogen and oxygen atoms in total. The number of rotatable bonds is 4. The van der Waals surface area contributed by atoms with Gasteiger partial charge in [0, 0.05) is 11.6 Å². The number of carbonyl (C=O) groups is 1. The van der Waals surface area contributed by atoms with Crippen molar-refractivity contribution in [3.05, 3.63) is 40.6 Å². The number of hydroxylamine groups is 1. The summed E-state index contributed by atoms with van der Waals surface area (Å²) in [4.78, 5) is 12.2. The lowest BCUT2D eigenvalue weighted by atomic mass is 10.1.